The molecule has 0 aromatic carbocycles. The number of hydrogen-bond donors (Lipinski definition) is 1. The van der Waals surface area contributed by atoms with E-state index >= 15 is 0 Å². The zero-order chi connectivity index (χ0) is 11.1. The Kier molecular flexibility index (Phi) is 6.02. The smallest absolute Gasteiger partial charge is 0.0123 e. The van der Waals surface area contributed by atoms with Gasteiger partial charge in [0.05, 0.1) is 0 Å². The Bertz CT molecular complexity index is 163. The molecule has 0 saturated carbocycles. The molecule has 15 heavy (non-hydrogen) atoms. The highest BCUT2D eigenvalue weighted by Gasteiger charge is 2.14. The molecular formula is C12H26N2S. The fourth-order valence-corrected chi connectivity index (χ4v) is 2.62. The molecule has 0 spiro atoms. The van der Waals surface area contributed by atoms with Gasteiger partial charge in [0, 0.05) is 30.9 Å². The van der Waals surface area contributed by atoms with Gasteiger partial charge < -0.3 is 10.2 Å². The van der Waals surface area contributed by atoms with E-state index in [1.807, 2.05) is 0 Å². The van der Waals surface area contributed by atoms with Gasteiger partial charge in [-0.15, -0.1) is 0 Å². The highest BCUT2D eigenvalue weighted by molar-refractivity contribution is 7.99. The summed E-state index contributed by atoms with van der Waals surface area (Å²) >= 11 is 2.10. The maximum absolute atomic E-state index is 3.63. The average molecular weight is 230 g/mol. The van der Waals surface area contributed by atoms with E-state index in [1.54, 1.807) is 0 Å². The number of hydrogen-bond acceptors (Lipinski definition) is 3. The third-order valence-corrected chi connectivity index (χ3v) is 4.28. The summed E-state index contributed by atoms with van der Waals surface area (Å²) in [6, 6.07) is 0. The second-order valence-electron chi connectivity index (χ2n) is 4.97. The molecule has 0 aliphatic carbocycles. The van der Waals surface area contributed by atoms with E-state index in [9.17, 15) is 0 Å². The minimum Gasteiger partial charge on any atom is -0.311 e. The van der Waals surface area contributed by atoms with Crippen LogP contribution in [0.1, 0.15) is 33.6 Å². The van der Waals surface area contributed by atoms with E-state index in [0.717, 1.165) is 6.54 Å². The van der Waals surface area contributed by atoms with Crippen molar-refractivity contribution >= 4 is 11.8 Å². The molecule has 2 nitrogen and oxygen atoms in total. The Balaban J connectivity index is 2.13. The number of rotatable bonds is 5. The summed E-state index contributed by atoms with van der Waals surface area (Å²) < 4.78 is 0. The van der Waals surface area contributed by atoms with Crippen LogP contribution in [0.25, 0.3) is 0 Å². The molecule has 1 heterocycles. The lowest BCUT2D eigenvalue weighted by atomic mass is 10.0. The standard InChI is InChI=1S/C12H26N2S/c1-4-12(2,3)13-6-8-14-7-5-10-15-11-9-14/h13H,4-11H2,1-3H3. The van der Waals surface area contributed by atoms with Crippen molar-refractivity contribution < 1.29 is 0 Å². The fourth-order valence-electron chi connectivity index (χ4n) is 1.70. The molecule has 90 valence electrons. The third-order valence-electron chi connectivity index (χ3n) is 3.23. The molecule has 1 saturated heterocycles. The second-order valence-corrected chi connectivity index (χ2v) is 6.20. The number of nitrogens with one attached hydrogen (secondary N) is 1. The molecule has 1 rings (SSSR count). The van der Waals surface area contributed by atoms with Gasteiger partial charge in [-0.3, -0.25) is 0 Å². The largest absolute Gasteiger partial charge is 0.311 e. The number of nitrogens with zero attached hydrogens (tertiary/aromatic N) is 1. The van der Waals surface area contributed by atoms with Gasteiger partial charge in [0.1, 0.15) is 0 Å². The van der Waals surface area contributed by atoms with Gasteiger partial charge >= 0.3 is 0 Å². The predicted molar refractivity (Wildman–Crippen MR) is 70.8 cm³/mol. The summed E-state index contributed by atoms with van der Waals surface area (Å²) in [5.41, 5.74) is 0.306. The molecule has 1 N–H and O–H groups in total. The molecule has 0 amide bonds. The van der Waals surface area contributed by atoms with E-state index in [0.29, 0.717) is 5.54 Å². The lowest BCUT2D eigenvalue weighted by molar-refractivity contribution is 0.272. The highest BCUT2D eigenvalue weighted by Crippen LogP contribution is 2.10. The monoisotopic (exact) mass is 230 g/mol. The first kappa shape index (κ1) is 13.3. The van der Waals surface area contributed by atoms with Crippen LogP contribution < -0.4 is 5.32 Å². The van der Waals surface area contributed by atoms with Crippen LogP contribution in [0.4, 0.5) is 0 Å². The van der Waals surface area contributed by atoms with E-state index in [1.165, 1.54) is 44.0 Å². The second kappa shape index (κ2) is 6.77. The zero-order valence-corrected chi connectivity index (χ0v) is 11.3. The van der Waals surface area contributed by atoms with E-state index in [4.69, 9.17) is 0 Å². The van der Waals surface area contributed by atoms with Gasteiger partial charge in [-0.05, 0) is 39.0 Å². The van der Waals surface area contributed by atoms with Crippen molar-refractivity contribution in [3.05, 3.63) is 0 Å². The normalized spacial score (nSPS) is 20.2. The minimum atomic E-state index is 0.306. The molecule has 0 unspecified atom stereocenters. The third kappa shape index (κ3) is 5.79. The maximum atomic E-state index is 3.63. The minimum absolute atomic E-state index is 0.306. The van der Waals surface area contributed by atoms with Gasteiger partial charge in [0.2, 0.25) is 0 Å². The summed E-state index contributed by atoms with van der Waals surface area (Å²) in [6.45, 7) is 11.7. The van der Waals surface area contributed by atoms with Crippen LogP contribution in [0.15, 0.2) is 0 Å². The Labute approximate surface area is 99.2 Å². The van der Waals surface area contributed by atoms with Crippen molar-refractivity contribution in [3.8, 4) is 0 Å². The number of thioether (sulfide) groups is 1. The molecule has 0 aromatic rings. The average Bonchev–Trinajstić information content (AvgIpc) is 2.46. The van der Waals surface area contributed by atoms with Gasteiger partial charge in [0.25, 0.3) is 0 Å². The molecule has 3 heteroatoms. The Hall–Kier alpha value is 0.270. The molecule has 0 radical (unpaired) electrons. The highest BCUT2D eigenvalue weighted by atomic mass is 32.2. The summed E-state index contributed by atoms with van der Waals surface area (Å²) in [5.74, 6) is 2.67. The first-order valence-electron chi connectivity index (χ1n) is 6.19. The van der Waals surface area contributed by atoms with Crippen molar-refractivity contribution in [2.45, 2.75) is 39.2 Å². The molecule has 0 atom stereocenters. The lowest BCUT2D eigenvalue weighted by Gasteiger charge is -2.27. The molecule has 0 bridgehead atoms. The Morgan fingerprint density at radius 3 is 2.80 bits per heavy atom. The summed E-state index contributed by atoms with van der Waals surface area (Å²) in [7, 11) is 0. The van der Waals surface area contributed by atoms with E-state index in [-0.39, 0.29) is 0 Å². The quantitative estimate of drug-likeness (QED) is 0.779. The van der Waals surface area contributed by atoms with Gasteiger partial charge in [-0.25, -0.2) is 0 Å². The summed E-state index contributed by atoms with van der Waals surface area (Å²) in [6.07, 6.45) is 2.56. The predicted octanol–water partition coefficient (Wildman–Crippen LogP) is 2.20. The van der Waals surface area contributed by atoms with Crippen LogP contribution >= 0.6 is 11.8 Å². The molecule has 1 fully saturated rings. The van der Waals surface area contributed by atoms with Crippen molar-refractivity contribution in [1.82, 2.24) is 10.2 Å². The van der Waals surface area contributed by atoms with Crippen LogP contribution in [0.2, 0.25) is 0 Å². The van der Waals surface area contributed by atoms with Gasteiger partial charge in [-0.2, -0.15) is 11.8 Å². The van der Waals surface area contributed by atoms with Crippen LogP contribution in [0.5, 0.6) is 0 Å². The van der Waals surface area contributed by atoms with Crippen molar-refractivity contribution in [2.24, 2.45) is 0 Å². The molecule has 1 aliphatic heterocycles. The van der Waals surface area contributed by atoms with Crippen LogP contribution in [0.3, 0.4) is 0 Å². The van der Waals surface area contributed by atoms with Crippen molar-refractivity contribution in [3.63, 3.8) is 0 Å². The van der Waals surface area contributed by atoms with Crippen molar-refractivity contribution in [1.29, 1.82) is 0 Å². The van der Waals surface area contributed by atoms with E-state index < -0.39 is 0 Å². The topological polar surface area (TPSA) is 15.3 Å². The Morgan fingerprint density at radius 2 is 2.07 bits per heavy atom. The molecule has 0 aromatic heterocycles. The lowest BCUT2D eigenvalue weighted by Crippen LogP contribution is -2.43. The first-order valence-corrected chi connectivity index (χ1v) is 7.34. The van der Waals surface area contributed by atoms with Gasteiger partial charge in [-0.1, -0.05) is 6.92 Å². The SMILES string of the molecule is CCC(C)(C)NCCN1CCCSCC1. The first-order chi connectivity index (χ1) is 7.14. The summed E-state index contributed by atoms with van der Waals surface area (Å²) in [5, 5.41) is 3.63. The molecule has 1 aliphatic rings. The zero-order valence-electron chi connectivity index (χ0n) is 10.5. The van der Waals surface area contributed by atoms with Crippen LogP contribution in [0, 0.1) is 0 Å². The summed E-state index contributed by atoms with van der Waals surface area (Å²) in [4.78, 5) is 2.60. The fraction of sp³-hybridized carbons (Fsp3) is 1.00. The van der Waals surface area contributed by atoms with E-state index in [2.05, 4.69) is 42.7 Å². The molecular weight excluding hydrogens is 204 g/mol. The van der Waals surface area contributed by atoms with Gasteiger partial charge in [0.15, 0.2) is 0 Å². The van der Waals surface area contributed by atoms with Crippen LogP contribution in [-0.2, 0) is 0 Å². The maximum Gasteiger partial charge on any atom is 0.0123 e. The van der Waals surface area contributed by atoms with Crippen LogP contribution in [-0.4, -0.2) is 48.1 Å². The van der Waals surface area contributed by atoms with Crippen molar-refractivity contribution in [2.75, 3.05) is 37.7 Å². The Morgan fingerprint density at radius 1 is 1.27 bits per heavy atom.